The molecule has 10 aromatic rings. The van der Waals surface area contributed by atoms with Crippen LogP contribution in [0, 0.1) is 11.3 Å². The molecule has 4 nitrogen and oxygen atoms in total. The number of nitriles is 1. The Labute approximate surface area is 348 Å². The Morgan fingerprint density at radius 1 is 0.300 bits per heavy atom. The number of rotatable bonds is 7. The van der Waals surface area contributed by atoms with Gasteiger partial charge in [-0.25, -0.2) is 15.0 Å². The fourth-order valence-corrected chi connectivity index (χ4v) is 8.77. The molecule has 1 aliphatic carbocycles. The van der Waals surface area contributed by atoms with Gasteiger partial charge in [0.25, 0.3) is 0 Å². The molecule has 0 amide bonds. The summed E-state index contributed by atoms with van der Waals surface area (Å²) in [6.07, 6.45) is 0. The van der Waals surface area contributed by atoms with Gasteiger partial charge in [0.1, 0.15) is 0 Å². The van der Waals surface area contributed by atoms with Crippen molar-refractivity contribution in [3.8, 4) is 107 Å². The van der Waals surface area contributed by atoms with Gasteiger partial charge in [0.05, 0.1) is 11.6 Å². The second kappa shape index (κ2) is 14.6. The first-order valence-electron chi connectivity index (χ1n) is 20.1. The Balaban J connectivity index is 1.02. The van der Waals surface area contributed by atoms with Gasteiger partial charge in [0.2, 0.25) is 0 Å². The maximum Gasteiger partial charge on any atom is 0.164 e. The third-order valence-electron chi connectivity index (χ3n) is 11.5. The number of nitrogens with zero attached hydrogens (tertiary/aromatic N) is 4. The Morgan fingerprint density at radius 3 is 1.43 bits per heavy atom. The molecule has 0 bridgehead atoms. The molecule has 11 rings (SSSR count). The highest BCUT2D eigenvalue weighted by atomic mass is 15.0. The summed E-state index contributed by atoms with van der Waals surface area (Å²) in [6, 6.07) is 74.0. The average molecular weight is 763 g/mol. The number of hydrogen-bond acceptors (Lipinski definition) is 4. The monoisotopic (exact) mass is 762 g/mol. The van der Waals surface area contributed by atoms with Crippen molar-refractivity contribution in [1.82, 2.24) is 15.0 Å². The lowest BCUT2D eigenvalue weighted by Gasteiger charge is -2.16. The summed E-state index contributed by atoms with van der Waals surface area (Å²) in [6.45, 7) is 0. The topological polar surface area (TPSA) is 62.5 Å². The van der Waals surface area contributed by atoms with E-state index >= 15 is 0 Å². The van der Waals surface area contributed by atoms with E-state index in [9.17, 15) is 5.26 Å². The molecule has 0 saturated heterocycles. The maximum atomic E-state index is 10.4. The van der Waals surface area contributed by atoms with Crippen LogP contribution in [-0.4, -0.2) is 15.0 Å². The van der Waals surface area contributed by atoms with Gasteiger partial charge in [-0.05, 0) is 102 Å². The lowest BCUT2D eigenvalue weighted by atomic mass is 9.87. The third-order valence-corrected chi connectivity index (χ3v) is 11.5. The van der Waals surface area contributed by atoms with Crippen LogP contribution >= 0.6 is 0 Å². The fraction of sp³-hybridized carbons (Fsp3) is 0. The highest BCUT2D eigenvalue weighted by Gasteiger charge is 2.25. The predicted molar refractivity (Wildman–Crippen MR) is 245 cm³/mol. The van der Waals surface area contributed by atoms with Gasteiger partial charge < -0.3 is 0 Å². The molecule has 60 heavy (non-hydrogen) atoms. The zero-order valence-electron chi connectivity index (χ0n) is 32.4. The summed E-state index contributed by atoms with van der Waals surface area (Å²) in [5.41, 5.74) is 16.8. The first-order valence-corrected chi connectivity index (χ1v) is 20.1. The highest BCUT2D eigenvalue weighted by molar-refractivity contribution is 6.18. The average Bonchev–Trinajstić information content (AvgIpc) is 3.67. The smallest absolute Gasteiger partial charge is 0.164 e. The molecule has 0 spiro atoms. The van der Waals surface area contributed by atoms with Crippen molar-refractivity contribution in [2.75, 3.05) is 0 Å². The maximum absolute atomic E-state index is 10.4. The van der Waals surface area contributed by atoms with Crippen molar-refractivity contribution in [2.45, 2.75) is 0 Å². The van der Waals surface area contributed by atoms with E-state index in [0.717, 1.165) is 50.1 Å². The van der Waals surface area contributed by atoms with E-state index in [1.165, 1.54) is 44.2 Å². The normalized spacial score (nSPS) is 11.3. The summed E-state index contributed by atoms with van der Waals surface area (Å²) in [7, 11) is 0. The number of hydrogen-bond donors (Lipinski definition) is 0. The van der Waals surface area contributed by atoms with Crippen LogP contribution in [-0.2, 0) is 0 Å². The van der Waals surface area contributed by atoms with Crippen molar-refractivity contribution in [3.63, 3.8) is 0 Å². The van der Waals surface area contributed by atoms with Crippen LogP contribution in [0.25, 0.3) is 112 Å². The Morgan fingerprint density at radius 2 is 0.750 bits per heavy atom. The molecule has 278 valence electrons. The Kier molecular flexibility index (Phi) is 8.50. The second-order valence-electron chi connectivity index (χ2n) is 15.1. The largest absolute Gasteiger partial charge is 0.208 e. The van der Waals surface area contributed by atoms with Crippen LogP contribution < -0.4 is 0 Å². The van der Waals surface area contributed by atoms with Gasteiger partial charge in [0, 0.05) is 16.7 Å². The van der Waals surface area contributed by atoms with Gasteiger partial charge in [-0.3, -0.25) is 0 Å². The van der Waals surface area contributed by atoms with E-state index in [-0.39, 0.29) is 0 Å². The molecule has 4 heteroatoms. The quantitative estimate of drug-likeness (QED) is 0.162. The van der Waals surface area contributed by atoms with E-state index in [1.807, 2.05) is 91.0 Å². The van der Waals surface area contributed by atoms with E-state index in [4.69, 9.17) is 15.0 Å². The van der Waals surface area contributed by atoms with E-state index in [1.54, 1.807) is 0 Å². The minimum atomic E-state index is 0.563. The molecule has 0 aliphatic heterocycles. The Bertz CT molecular complexity index is 3260. The number of aromatic nitrogens is 3. The van der Waals surface area contributed by atoms with E-state index in [2.05, 4.69) is 121 Å². The summed E-state index contributed by atoms with van der Waals surface area (Å²) < 4.78 is 0. The lowest BCUT2D eigenvalue weighted by molar-refractivity contribution is 1.07. The highest BCUT2D eigenvalue weighted by Crippen LogP contribution is 2.52. The SMILES string of the molecule is N#Cc1cc(-c2cccc(-c3ccccc3-c3cccc4c3-c3cccc5cccc-4c35)c2)cc(-c2ccccc2-c2nc(-c3ccccc3)nc(-c3ccccc3)n2)c1. The molecule has 1 aliphatic rings. The van der Waals surface area contributed by atoms with Crippen molar-refractivity contribution < 1.29 is 0 Å². The minimum absolute atomic E-state index is 0.563. The van der Waals surface area contributed by atoms with Gasteiger partial charge in [-0.2, -0.15) is 5.26 Å². The van der Waals surface area contributed by atoms with Crippen molar-refractivity contribution in [1.29, 1.82) is 5.26 Å². The zero-order valence-corrected chi connectivity index (χ0v) is 32.4. The molecule has 0 unspecified atom stereocenters. The van der Waals surface area contributed by atoms with Crippen molar-refractivity contribution >= 4 is 10.8 Å². The first kappa shape index (κ1) is 34.9. The molecule has 1 aromatic heterocycles. The molecular weight excluding hydrogens is 729 g/mol. The molecule has 0 saturated carbocycles. The van der Waals surface area contributed by atoms with Crippen LogP contribution in [0.2, 0.25) is 0 Å². The van der Waals surface area contributed by atoms with Gasteiger partial charge in [-0.15, -0.1) is 0 Å². The van der Waals surface area contributed by atoms with Crippen molar-refractivity contribution in [3.05, 3.63) is 212 Å². The first-order chi connectivity index (χ1) is 29.7. The Hall–Kier alpha value is -8.26. The zero-order chi connectivity index (χ0) is 40.0. The number of fused-ring (bicyclic) bond motifs is 3. The molecule has 1 heterocycles. The summed E-state index contributed by atoms with van der Waals surface area (Å²) in [5, 5.41) is 13.0. The summed E-state index contributed by atoms with van der Waals surface area (Å²) >= 11 is 0. The predicted octanol–water partition coefficient (Wildman–Crippen LogP) is 14.2. The van der Waals surface area contributed by atoms with Crippen LogP contribution in [0.5, 0.6) is 0 Å². The van der Waals surface area contributed by atoms with E-state index < -0.39 is 0 Å². The van der Waals surface area contributed by atoms with E-state index in [0.29, 0.717) is 23.0 Å². The molecule has 9 aromatic carbocycles. The summed E-state index contributed by atoms with van der Waals surface area (Å²) in [4.78, 5) is 15.0. The van der Waals surface area contributed by atoms with Crippen LogP contribution in [0.4, 0.5) is 0 Å². The molecule has 0 fully saturated rings. The fourth-order valence-electron chi connectivity index (χ4n) is 8.77. The van der Waals surface area contributed by atoms with Gasteiger partial charge in [-0.1, -0.05) is 182 Å². The van der Waals surface area contributed by atoms with Crippen molar-refractivity contribution in [2.24, 2.45) is 0 Å². The standard InChI is InChI=1S/C56H34N4/c57-35-36-31-42(34-43(32-36)45-24-8-10-26-50(45)56-59-54(38-15-3-1-4-16-38)58-55(60-56)39-17-5-2-6-18-39)40-21-11-22-41(33-40)44-23-7-9-25-46(44)47-28-14-29-49-48-27-12-19-37-20-13-30-51(52(37)48)53(47)49/h1-34H. The third kappa shape index (κ3) is 6.05. The number of benzene rings is 9. The van der Waals surface area contributed by atoms with Gasteiger partial charge >= 0.3 is 0 Å². The van der Waals surface area contributed by atoms with Crippen LogP contribution in [0.15, 0.2) is 206 Å². The summed E-state index contributed by atoms with van der Waals surface area (Å²) in [5.74, 6) is 1.76. The molecule has 0 N–H and O–H groups in total. The van der Waals surface area contributed by atoms with Crippen LogP contribution in [0.1, 0.15) is 5.56 Å². The second-order valence-corrected chi connectivity index (χ2v) is 15.1. The molecule has 0 atom stereocenters. The molecule has 0 radical (unpaired) electrons. The van der Waals surface area contributed by atoms with Gasteiger partial charge in [0.15, 0.2) is 17.5 Å². The minimum Gasteiger partial charge on any atom is -0.208 e. The van der Waals surface area contributed by atoms with Crippen LogP contribution in [0.3, 0.4) is 0 Å². The molecular formula is C56H34N4. The lowest BCUT2D eigenvalue weighted by Crippen LogP contribution is -2.01.